The average Bonchev–Trinajstić information content (AvgIpc) is 3.43. The summed E-state index contributed by atoms with van der Waals surface area (Å²) in [4.78, 5) is 34.0. The predicted octanol–water partition coefficient (Wildman–Crippen LogP) is 1.86. The highest BCUT2D eigenvalue weighted by Gasteiger charge is 2.58. The number of fused-ring (bicyclic) bond motifs is 5. The molecule has 2 aliphatic heterocycles. The third kappa shape index (κ3) is 4.66. The van der Waals surface area contributed by atoms with E-state index in [0.717, 1.165) is 31.9 Å². The van der Waals surface area contributed by atoms with E-state index in [-0.39, 0.29) is 35.5 Å². The zero-order valence-corrected chi connectivity index (χ0v) is 19.3. The SMILES string of the molecule is CN=C(NCCCN1C(=O)C2C3C=CC(C3)C2C1=O)NCC1CCCCN1CC(C)C. The number of nitrogens with zero attached hydrogens (tertiary/aromatic N) is 3. The number of likely N-dealkylation sites (tertiary alicyclic amines) is 2. The molecular formula is C24H39N5O2. The van der Waals surface area contributed by atoms with E-state index < -0.39 is 0 Å². The molecule has 7 nitrogen and oxygen atoms in total. The number of hydrogen-bond donors (Lipinski definition) is 2. The Morgan fingerprint density at radius 3 is 2.48 bits per heavy atom. The molecular weight excluding hydrogens is 390 g/mol. The normalized spacial score (nSPS) is 33.0. The quantitative estimate of drug-likeness (QED) is 0.202. The summed E-state index contributed by atoms with van der Waals surface area (Å²) in [7, 11) is 1.79. The number of guanidine groups is 1. The average molecular weight is 430 g/mol. The molecule has 172 valence electrons. The first-order valence-electron chi connectivity index (χ1n) is 12.2. The van der Waals surface area contributed by atoms with Gasteiger partial charge in [0.15, 0.2) is 5.96 Å². The third-order valence-electron chi connectivity index (χ3n) is 7.49. The van der Waals surface area contributed by atoms with Crippen molar-refractivity contribution in [2.24, 2.45) is 34.6 Å². The highest BCUT2D eigenvalue weighted by Crippen LogP contribution is 2.52. The Balaban J connectivity index is 1.19. The molecule has 5 atom stereocenters. The molecule has 1 saturated carbocycles. The van der Waals surface area contributed by atoms with E-state index >= 15 is 0 Å². The Morgan fingerprint density at radius 2 is 1.84 bits per heavy atom. The van der Waals surface area contributed by atoms with Gasteiger partial charge in [0.05, 0.1) is 11.8 Å². The lowest BCUT2D eigenvalue weighted by molar-refractivity contribution is -0.140. The van der Waals surface area contributed by atoms with Gasteiger partial charge in [-0.1, -0.05) is 32.4 Å². The van der Waals surface area contributed by atoms with Crippen LogP contribution in [0.15, 0.2) is 17.1 Å². The standard InChI is InChI=1S/C24H39N5O2/c1-16(2)15-28-11-5-4-7-19(28)14-27-24(25-3)26-10-6-12-29-22(30)20-17-8-9-18(13-17)21(20)23(29)31/h8-9,16-21H,4-7,10-15H2,1-3H3,(H2,25,26,27). The van der Waals surface area contributed by atoms with Crippen molar-refractivity contribution in [1.29, 1.82) is 0 Å². The molecule has 2 aliphatic carbocycles. The first-order valence-corrected chi connectivity index (χ1v) is 12.2. The topological polar surface area (TPSA) is 77.0 Å². The maximum absolute atomic E-state index is 12.8. The molecule has 2 amide bonds. The molecule has 31 heavy (non-hydrogen) atoms. The van der Waals surface area contributed by atoms with E-state index in [1.165, 1.54) is 30.7 Å². The highest BCUT2D eigenvalue weighted by molar-refractivity contribution is 6.06. The van der Waals surface area contributed by atoms with Crippen molar-refractivity contribution in [2.75, 3.05) is 39.8 Å². The minimum absolute atomic E-state index is 0.0527. The van der Waals surface area contributed by atoms with Gasteiger partial charge in [-0.3, -0.25) is 24.4 Å². The van der Waals surface area contributed by atoms with Crippen LogP contribution in [0.3, 0.4) is 0 Å². The smallest absolute Gasteiger partial charge is 0.233 e. The van der Waals surface area contributed by atoms with Crippen LogP contribution in [0.4, 0.5) is 0 Å². The van der Waals surface area contributed by atoms with Crippen LogP contribution in [0.2, 0.25) is 0 Å². The zero-order chi connectivity index (χ0) is 22.0. The summed E-state index contributed by atoms with van der Waals surface area (Å²) in [6.45, 7) is 8.99. The molecule has 4 rings (SSSR count). The number of piperidine rings is 1. The molecule has 2 heterocycles. The van der Waals surface area contributed by atoms with Crippen LogP contribution in [0, 0.1) is 29.6 Å². The Bertz CT molecular complexity index is 703. The van der Waals surface area contributed by atoms with E-state index in [2.05, 4.69) is 46.5 Å². The van der Waals surface area contributed by atoms with Crippen molar-refractivity contribution in [3.63, 3.8) is 0 Å². The van der Waals surface area contributed by atoms with Crippen molar-refractivity contribution >= 4 is 17.8 Å². The first-order chi connectivity index (χ1) is 15.0. The Kier molecular flexibility index (Phi) is 6.99. The van der Waals surface area contributed by atoms with Crippen LogP contribution in [0.5, 0.6) is 0 Å². The summed E-state index contributed by atoms with van der Waals surface area (Å²) in [5.74, 6) is 1.98. The Morgan fingerprint density at radius 1 is 1.13 bits per heavy atom. The number of carbonyl (C=O) groups excluding carboxylic acids is 2. The minimum atomic E-state index is -0.0887. The summed E-state index contributed by atoms with van der Waals surface area (Å²) in [6.07, 6.45) is 9.84. The molecule has 0 aromatic rings. The van der Waals surface area contributed by atoms with Crippen molar-refractivity contribution in [2.45, 2.75) is 52.0 Å². The number of nitrogens with one attached hydrogen (secondary N) is 2. The fraction of sp³-hybridized carbons (Fsp3) is 0.792. The van der Waals surface area contributed by atoms with E-state index in [0.29, 0.717) is 25.0 Å². The monoisotopic (exact) mass is 429 g/mol. The number of rotatable bonds is 8. The summed E-state index contributed by atoms with van der Waals surface area (Å²) < 4.78 is 0. The highest BCUT2D eigenvalue weighted by atomic mass is 16.2. The summed E-state index contributed by atoms with van der Waals surface area (Å²) >= 11 is 0. The maximum Gasteiger partial charge on any atom is 0.233 e. The van der Waals surface area contributed by atoms with Gasteiger partial charge in [0.25, 0.3) is 0 Å². The third-order valence-corrected chi connectivity index (χ3v) is 7.49. The van der Waals surface area contributed by atoms with Crippen molar-refractivity contribution in [3.05, 3.63) is 12.2 Å². The molecule has 7 heteroatoms. The molecule has 2 saturated heterocycles. The number of imide groups is 1. The maximum atomic E-state index is 12.8. The van der Waals surface area contributed by atoms with E-state index in [1.54, 1.807) is 7.05 Å². The van der Waals surface area contributed by atoms with E-state index in [9.17, 15) is 9.59 Å². The van der Waals surface area contributed by atoms with Gasteiger partial charge < -0.3 is 10.6 Å². The van der Waals surface area contributed by atoms with Gasteiger partial charge in [-0.25, -0.2) is 0 Å². The number of hydrogen-bond acceptors (Lipinski definition) is 4. The number of amides is 2. The van der Waals surface area contributed by atoms with Gasteiger partial charge >= 0.3 is 0 Å². The second kappa shape index (κ2) is 9.72. The molecule has 0 radical (unpaired) electrons. The molecule has 4 aliphatic rings. The Labute approximate surface area is 186 Å². The van der Waals surface area contributed by atoms with Crippen LogP contribution in [-0.2, 0) is 9.59 Å². The lowest BCUT2D eigenvalue weighted by Gasteiger charge is -2.37. The predicted molar refractivity (Wildman–Crippen MR) is 122 cm³/mol. The summed E-state index contributed by atoms with van der Waals surface area (Å²) in [6, 6.07) is 0.554. The zero-order valence-electron chi connectivity index (χ0n) is 19.3. The molecule has 0 spiro atoms. The van der Waals surface area contributed by atoms with Crippen molar-refractivity contribution in [1.82, 2.24) is 20.4 Å². The largest absolute Gasteiger partial charge is 0.356 e. The first kappa shape index (κ1) is 22.3. The lowest BCUT2D eigenvalue weighted by atomic mass is 9.85. The Hall–Kier alpha value is -1.89. The summed E-state index contributed by atoms with van der Waals surface area (Å²) in [5.41, 5.74) is 0. The van der Waals surface area contributed by atoms with E-state index in [1.807, 2.05) is 0 Å². The van der Waals surface area contributed by atoms with Crippen molar-refractivity contribution in [3.8, 4) is 0 Å². The molecule has 2 bridgehead atoms. The second-order valence-corrected chi connectivity index (χ2v) is 10.1. The molecule has 2 N–H and O–H groups in total. The number of carbonyl (C=O) groups is 2. The minimum Gasteiger partial charge on any atom is -0.356 e. The van der Waals surface area contributed by atoms with Gasteiger partial charge in [0.2, 0.25) is 11.8 Å². The van der Waals surface area contributed by atoms with Crippen LogP contribution >= 0.6 is 0 Å². The summed E-state index contributed by atoms with van der Waals surface area (Å²) in [5, 5.41) is 6.84. The fourth-order valence-electron chi connectivity index (χ4n) is 6.06. The second-order valence-electron chi connectivity index (χ2n) is 10.1. The number of allylic oxidation sites excluding steroid dienone is 2. The van der Waals surface area contributed by atoms with Crippen LogP contribution < -0.4 is 10.6 Å². The van der Waals surface area contributed by atoms with Crippen molar-refractivity contribution < 1.29 is 9.59 Å². The van der Waals surface area contributed by atoms with Gasteiger partial charge in [-0.15, -0.1) is 0 Å². The van der Waals surface area contributed by atoms with Gasteiger partial charge in [-0.05, 0) is 50.0 Å². The number of aliphatic imine (C=N–C) groups is 1. The van der Waals surface area contributed by atoms with Gasteiger partial charge in [-0.2, -0.15) is 0 Å². The van der Waals surface area contributed by atoms with Gasteiger partial charge in [0, 0.05) is 39.3 Å². The van der Waals surface area contributed by atoms with E-state index in [4.69, 9.17) is 0 Å². The molecule has 5 unspecified atom stereocenters. The molecule has 3 fully saturated rings. The fourth-order valence-corrected chi connectivity index (χ4v) is 6.06. The molecule has 0 aromatic carbocycles. The van der Waals surface area contributed by atoms with Crippen LogP contribution in [0.25, 0.3) is 0 Å². The van der Waals surface area contributed by atoms with Crippen LogP contribution in [0.1, 0.15) is 46.0 Å². The van der Waals surface area contributed by atoms with Gasteiger partial charge in [0.1, 0.15) is 0 Å². The lowest BCUT2D eigenvalue weighted by Crippen LogP contribution is -2.50. The van der Waals surface area contributed by atoms with Crippen LogP contribution in [-0.4, -0.2) is 73.4 Å². The molecule has 0 aromatic heterocycles.